The van der Waals surface area contributed by atoms with Gasteiger partial charge in [-0.15, -0.1) is 0 Å². The minimum absolute atomic E-state index is 0.583. The molecule has 13 rings (SSSR count). The zero-order valence-electron chi connectivity index (χ0n) is 38.0. The largest absolute Gasteiger partial charge is 0.309 e. The van der Waals surface area contributed by atoms with Gasteiger partial charge in [-0.3, -0.25) is 0 Å². The van der Waals surface area contributed by atoms with Gasteiger partial charge >= 0.3 is 0 Å². The zero-order valence-corrected chi connectivity index (χ0v) is 38.0. The van der Waals surface area contributed by atoms with E-state index in [0.29, 0.717) is 0 Å². The first-order chi connectivity index (χ1) is 34.3. The first kappa shape index (κ1) is 40.3. The molecule has 0 aliphatic heterocycles. The average molecular weight is 879 g/mol. The van der Waals surface area contributed by atoms with Gasteiger partial charge in [-0.2, -0.15) is 0 Å². The van der Waals surface area contributed by atoms with Crippen LogP contribution in [0.1, 0.15) is 22.3 Å². The Hall–Kier alpha value is -8.98. The second-order valence-corrected chi connectivity index (χ2v) is 17.9. The molecule has 12 aromatic rings. The Bertz CT molecular complexity index is 3780. The van der Waals surface area contributed by atoms with E-state index in [1.54, 1.807) is 0 Å². The van der Waals surface area contributed by atoms with Gasteiger partial charge in [0.05, 0.1) is 27.8 Å². The maximum atomic E-state index is 2.57. The van der Waals surface area contributed by atoms with E-state index >= 15 is 0 Å². The van der Waals surface area contributed by atoms with E-state index in [-0.39, 0.29) is 0 Å². The molecular weight excluding hydrogens is 833 g/mol. The van der Waals surface area contributed by atoms with Crippen molar-refractivity contribution >= 4 is 38.9 Å². The second-order valence-electron chi connectivity index (χ2n) is 17.9. The van der Waals surface area contributed by atoms with Crippen LogP contribution >= 0.6 is 0 Å². The Morgan fingerprint density at radius 2 is 0.812 bits per heavy atom. The molecule has 1 heterocycles. The van der Waals surface area contributed by atoms with Crippen LogP contribution in [0.3, 0.4) is 0 Å². The molecule has 1 aliphatic carbocycles. The molecule has 11 aromatic carbocycles. The van der Waals surface area contributed by atoms with Crippen molar-refractivity contribution in [1.29, 1.82) is 0 Å². The summed E-state index contributed by atoms with van der Waals surface area (Å²) in [4.78, 5) is 2.57. The van der Waals surface area contributed by atoms with Crippen LogP contribution < -0.4 is 4.90 Å². The Morgan fingerprint density at radius 3 is 1.51 bits per heavy atom. The highest BCUT2D eigenvalue weighted by Crippen LogP contribution is 2.58. The van der Waals surface area contributed by atoms with E-state index in [9.17, 15) is 0 Å². The Morgan fingerprint density at radius 1 is 0.319 bits per heavy atom. The SMILES string of the molecule is c1ccc(-c2ccccc2-c2c(-c3ccccc3)cccc2N(c2ccc3c(c2)C(c2ccccc2)(c2ccccc2)c2ccccc2-3)c2cccc3c2c2ccccc2n3-c2ccccc2)cc1. The van der Waals surface area contributed by atoms with Crippen molar-refractivity contribution in [3.63, 3.8) is 0 Å². The Kier molecular flexibility index (Phi) is 9.77. The third-order valence-electron chi connectivity index (χ3n) is 14.3. The lowest BCUT2D eigenvalue weighted by molar-refractivity contribution is 0.768. The van der Waals surface area contributed by atoms with Crippen LogP contribution in [0.2, 0.25) is 0 Å². The Balaban J connectivity index is 1.18. The molecule has 0 amide bonds. The molecule has 2 heteroatoms. The second kappa shape index (κ2) is 16.7. The molecule has 0 bridgehead atoms. The number of para-hydroxylation sites is 2. The van der Waals surface area contributed by atoms with Crippen molar-refractivity contribution in [2.75, 3.05) is 4.90 Å². The van der Waals surface area contributed by atoms with Gasteiger partial charge < -0.3 is 9.47 Å². The van der Waals surface area contributed by atoms with Crippen molar-refractivity contribution in [1.82, 2.24) is 4.57 Å². The van der Waals surface area contributed by atoms with Crippen LogP contribution in [0, 0.1) is 0 Å². The number of anilines is 3. The first-order valence-electron chi connectivity index (χ1n) is 23.9. The molecule has 1 aliphatic rings. The van der Waals surface area contributed by atoms with E-state index in [1.807, 2.05) is 0 Å². The quantitative estimate of drug-likeness (QED) is 0.140. The van der Waals surface area contributed by atoms with Gasteiger partial charge in [-0.25, -0.2) is 0 Å². The van der Waals surface area contributed by atoms with Crippen LogP contribution in [0.4, 0.5) is 17.1 Å². The van der Waals surface area contributed by atoms with Crippen molar-refractivity contribution < 1.29 is 0 Å². The summed E-state index contributed by atoms with van der Waals surface area (Å²) in [6.45, 7) is 0. The van der Waals surface area contributed by atoms with Crippen molar-refractivity contribution in [2.45, 2.75) is 5.41 Å². The molecule has 0 radical (unpaired) electrons. The summed E-state index contributed by atoms with van der Waals surface area (Å²) in [5.74, 6) is 0. The number of rotatable bonds is 9. The van der Waals surface area contributed by atoms with E-state index in [2.05, 4.69) is 289 Å². The third-order valence-corrected chi connectivity index (χ3v) is 14.3. The smallest absolute Gasteiger partial charge is 0.0714 e. The molecule has 0 fully saturated rings. The minimum Gasteiger partial charge on any atom is -0.309 e. The maximum absolute atomic E-state index is 2.57. The summed E-state index contributed by atoms with van der Waals surface area (Å²) in [6.07, 6.45) is 0. The summed E-state index contributed by atoms with van der Waals surface area (Å²) < 4.78 is 2.42. The number of hydrogen-bond donors (Lipinski definition) is 0. The van der Waals surface area contributed by atoms with Crippen LogP contribution in [-0.4, -0.2) is 4.57 Å². The third kappa shape index (κ3) is 6.41. The first-order valence-corrected chi connectivity index (χ1v) is 23.9. The fourth-order valence-electron chi connectivity index (χ4n) is 11.5. The minimum atomic E-state index is -0.583. The number of nitrogens with zero attached hydrogens (tertiary/aromatic N) is 2. The molecule has 0 atom stereocenters. The van der Waals surface area contributed by atoms with E-state index in [4.69, 9.17) is 0 Å². The molecule has 0 N–H and O–H groups in total. The van der Waals surface area contributed by atoms with Gasteiger partial charge in [0.25, 0.3) is 0 Å². The van der Waals surface area contributed by atoms with Crippen molar-refractivity contribution in [3.05, 3.63) is 301 Å². The predicted octanol–water partition coefficient (Wildman–Crippen LogP) is 17.6. The molecule has 2 nitrogen and oxygen atoms in total. The van der Waals surface area contributed by atoms with Gasteiger partial charge in [-0.05, 0) is 110 Å². The molecular formula is C67H46N2. The molecule has 0 spiro atoms. The molecule has 324 valence electrons. The lowest BCUT2D eigenvalue weighted by Crippen LogP contribution is -2.28. The van der Waals surface area contributed by atoms with Gasteiger partial charge in [0, 0.05) is 27.7 Å². The summed E-state index contributed by atoms with van der Waals surface area (Å²) >= 11 is 0. The predicted molar refractivity (Wildman–Crippen MR) is 289 cm³/mol. The molecule has 1 aromatic heterocycles. The zero-order chi connectivity index (χ0) is 45.7. The average Bonchev–Trinajstić information content (AvgIpc) is 3.93. The van der Waals surface area contributed by atoms with Gasteiger partial charge in [0.2, 0.25) is 0 Å². The van der Waals surface area contributed by atoms with Crippen LogP contribution in [0.5, 0.6) is 0 Å². The summed E-state index contributed by atoms with van der Waals surface area (Å²) in [7, 11) is 0. The summed E-state index contributed by atoms with van der Waals surface area (Å²) in [6, 6.07) is 103. The highest BCUT2D eigenvalue weighted by molar-refractivity contribution is 6.17. The standard InChI is InChI=1S/C67H46N2/c1-6-24-47(25-7-1)53-34-16-17-36-57(53)65-54(48-26-8-2-9-27-48)38-22-41-62(65)69(64-43-23-42-63-66(64)58-37-19-21-40-61(58)68(63)51-32-14-5-15-33-51)52-44-45-56-55-35-18-20-39-59(55)67(60(56)46-52,49-28-10-3-11-29-49)50-30-12-4-13-31-50/h1-46H. The summed E-state index contributed by atoms with van der Waals surface area (Å²) in [5, 5.41) is 2.38. The molecule has 0 saturated carbocycles. The number of fused-ring (bicyclic) bond motifs is 6. The fraction of sp³-hybridized carbons (Fsp3) is 0.0149. The Labute approximate surface area is 403 Å². The summed E-state index contributed by atoms with van der Waals surface area (Å²) in [5.41, 5.74) is 20.6. The molecule has 0 unspecified atom stereocenters. The normalized spacial score (nSPS) is 12.5. The monoisotopic (exact) mass is 878 g/mol. The number of aromatic nitrogens is 1. The molecule has 0 saturated heterocycles. The topological polar surface area (TPSA) is 8.17 Å². The highest BCUT2D eigenvalue weighted by Gasteiger charge is 2.46. The highest BCUT2D eigenvalue weighted by atomic mass is 15.2. The maximum Gasteiger partial charge on any atom is 0.0714 e. The van der Waals surface area contributed by atoms with Crippen LogP contribution in [-0.2, 0) is 5.41 Å². The van der Waals surface area contributed by atoms with Crippen molar-refractivity contribution in [2.24, 2.45) is 0 Å². The molecule has 69 heavy (non-hydrogen) atoms. The van der Waals surface area contributed by atoms with Gasteiger partial charge in [0.15, 0.2) is 0 Å². The van der Waals surface area contributed by atoms with E-state index in [0.717, 1.165) is 50.5 Å². The number of hydrogen-bond acceptors (Lipinski definition) is 1. The van der Waals surface area contributed by atoms with Gasteiger partial charge in [-0.1, -0.05) is 231 Å². The van der Waals surface area contributed by atoms with Gasteiger partial charge in [0.1, 0.15) is 0 Å². The fourth-order valence-corrected chi connectivity index (χ4v) is 11.5. The van der Waals surface area contributed by atoms with Crippen molar-refractivity contribution in [3.8, 4) is 50.2 Å². The lowest BCUT2D eigenvalue weighted by Gasteiger charge is -2.35. The van der Waals surface area contributed by atoms with Crippen LogP contribution in [0.15, 0.2) is 279 Å². The lowest BCUT2D eigenvalue weighted by atomic mass is 9.67. The van der Waals surface area contributed by atoms with E-state index in [1.165, 1.54) is 60.8 Å². The van der Waals surface area contributed by atoms with E-state index < -0.39 is 5.41 Å². The van der Waals surface area contributed by atoms with Crippen LogP contribution in [0.25, 0.3) is 72.0 Å². The number of benzene rings is 11.